The van der Waals surface area contributed by atoms with E-state index in [9.17, 15) is 20.3 Å². The van der Waals surface area contributed by atoms with Gasteiger partial charge in [-0.1, -0.05) is 6.07 Å². The van der Waals surface area contributed by atoms with Crippen molar-refractivity contribution in [3.8, 4) is 17.2 Å². The first kappa shape index (κ1) is 15.7. The summed E-state index contributed by atoms with van der Waals surface area (Å²) in [7, 11) is 1.54. The van der Waals surface area contributed by atoms with Crippen LogP contribution in [0, 0.1) is 10.1 Å². The summed E-state index contributed by atoms with van der Waals surface area (Å²) >= 11 is 0.983. The molecule has 0 radical (unpaired) electrons. The largest absolute Gasteiger partial charge is 0.504 e. The van der Waals surface area contributed by atoms with Crippen molar-refractivity contribution < 1.29 is 19.9 Å². The van der Waals surface area contributed by atoms with E-state index in [1.165, 1.54) is 24.3 Å². The van der Waals surface area contributed by atoms with Crippen LogP contribution in [-0.2, 0) is 0 Å². The minimum absolute atomic E-state index is 0.102. The molecule has 0 aliphatic heterocycles. The molecule has 0 fully saturated rings. The molecule has 0 amide bonds. The minimum atomic E-state index is -0.501. The second-order valence-corrected chi connectivity index (χ2v) is 5.36. The number of hydrogen-bond donors (Lipinski definition) is 2. The van der Waals surface area contributed by atoms with Crippen molar-refractivity contribution in [2.24, 2.45) is 0 Å². The zero-order chi connectivity index (χ0) is 16.1. The Kier molecular flexibility index (Phi) is 4.90. The second-order valence-electron chi connectivity index (χ2n) is 4.27. The number of benzene rings is 2. The van der Waals surface area contributed by atoms with Crippen molar-refractivity contribution in [2.75, 3.05) is 7.11 Å². The summed E-state index contributed by atoms with van der Waals surface area (Å²) < 4.78 is 5.03. The summed E-state index contributed by atoms with van der Waals surface area (Å²) in [6.07, 6.45) is 1.33. The molecule has 0 saturated carbocycles. The minimum Gasteiger partial charge on any atom is -0.504 e. The number of ether oxygens (including phenoxy) is 1. The number of hydrogen-bond acceptors (Lipinski definition) is 6. The number of phenolic OH excluding ortho intramolecular Hbond substituents is 2. The van der Waals surface area contributed by atoms with Crippen LogP contribution >= 0.6 is 11.8 Å². The van der Waals surface area contributed by atoms with Crippen LogP contribution in [0.25, 0.3) is 6.08 Å². The third kappa shape index (κ3) is 3.92. The smallest absolute Gasteiger partial charge is 0.308 e. The van der Waals surface area contributed by atoms with Crippen LogP contribution in [0.1, 0.15) is 5.56 Å². The number of rotatable bonds is 5. The van der Waals surface area contributed by atoms with Gasteiger partial charge in [-0.3, -0.25) is 10.1 Å². The molecule has 0 bridgehead atoms. The zero-order valence-electron chi connectivity index (χ0n) is 11.6. The number of aromatic hydroxyl groups is 2. The van der Waals surface area contributed by atoms with Gasteiger partial charge in [-0.2, -0.15) is 0 Å². The van der Waals surface area contributed by atoms with E-state index in [4.69, 9.17) is 4.74 Å². The van der Waals surface area contributed by atoms with Gasteiger partial charge in [0.1, 0.15) is 5.75 Å². The lowest BCUT2D eigenvalue weighted by atomic mass is 10.2. The first-order chi connectivity index (χ1) is 10.5. The molecular weight excluding hydrogens is 306 g/mol. The normalized spacial score (nSPS) is 11.2. The van der Waals surface area contributed by atoms with E-state index in [2.05, 4.69) is 0 Å². The van der Waals surface area contributed by atoms with E-state index in [1.807, 2.05) is 0 Å². The summed E-state index contributed by atoms with van der Waals surface area (Å²) in [4.78, 5) is 11.3. The lowest BCUT2D eigenvalue weighted by Gasteiger charge is -2.03. The Balaban J connectivity index is 2.26. The molecule has 2 aromatic carbocycles. The van der Waals surface area contributed by atoms with Crippen LogP contribution in [0.2, 0.25) is 0 Å². The predicted octanol–water partition coefficient (Wildman–Crippen LogP) is 3.47. The first-order valence-electron chi connectivity index (χ1n) is 6.19. The Morgan fingerprint density at radius 3 is 2.41 bits per heavy atom. The van der Waals surface area contributed by atoms with E-state index in [1.54, 1.807) is 31.4 Å². The fourth-order valence-electron chi connectivity index (χ4n) is 1.66. The highest BCUT2D eigenvalue weighted by atomic mass is 32.2. The molecule has 0 aliphatic rings. The maximum Gasteiger partial charge on any atom is 0.308 e. The van der Waals surface area contributed by atoms with Crippen molar-refractivity contribution in [2.45, 2.75) is 4.90 Å². The van der Waals surface area contributed by atoms with Crippen LogP contribution in [0.5, 0.6) is 17.2 Å². The van der Waals surface area contributed by atoms with Crippen molar-refractivity contribution in [3.05, 3.63) is 63.2 Å². The maximum atomic E-state index is 11.2. The van der Waals surface area contributed by atoms with Gasteiger partial charge in [-0.15, -0.1) is 0 Å². The average Bonchev–Trinajstić information content (AvgIpc) is 2.51. The van der Waals surface area contributed by atoms with Gasteiger partial charge < -0.3 is 14.9 Å². The average molecular weight is 319 g/mol. The molecule has 2 N–H and O–H groups in total. The van der Waals surface area contributed by atoms with Crippen molar-refractivity contribution in [1.29, 1.82) is 0 Å². The molecule has 0 spiro atoms. The summed E-state index contributed by atoms with van der Waals surface area (Å²) in [5.41, 5.74) is 0.419. The Morgan fingerprint density at radius 2 is 1.86 bits per heavy atom. The van der Waals surface area contributed by atoms with Crippen molar-refractivity contribution >= 4 is 17.8 Å². The van der Waals surface area contributed by atoms with E-state index >= 15 is 0 Å². The summed E-state index contributed by atoms with van der Waals surface area (Å²) in [5, 5.41) is 29.7. The van der Waals surface area contributed by atoms with Gasteiger partial charge >= 0.3 is 5.03 Å². The molecule has 0 saturated heterocycles. The predicted molar refractivity (Wildman–Crippen MR) is 83.6 cm³/mol. The van der Waals surface area contributed by atoms with E-state index in [0.717, 1.165) is 11.8 Å². The number of nitro groups is 1. The Labute approximate surface area is 130 Å². The van der Waals surface area contributed by atoms with Gasteiger partial charge in [0, 0.05) is 11.0 Å². The van der Waals surface area contributed by atoms with Gasteiger partial charge in [0.15, 0.2) is 11.5 Å². The van der Waals surface area contributed by atoms with Crippen LogP contribution in [0.15, 0.2) is 52.4 Å². The molecule has 2 aromatic rings. The highest BCUT2D eigenvalue weighted by Crippen LogP contribution is 2.31. The van der Waals surface area contributed by atoms with Crippen molar-refractivity contribution in [1.82, 2.24) is 0 Å². The van der Waals surface area contributed by atoms with Crippen LogP contribution in [0.3, 0.4) is 0 Å². The van der Waals surface area contributed by atoms with Crippen LogP contribution < -0.4 is 4.74 Å². The lowest BCUT2D eigenvalue weighted by molar-refractivity contribution is -0.408. The number of methoxy groups -OCH3 is 1. The van der Waals surface area contributed by atoms with E-state index < -0.39 is 4.92 Å². The van der Waals surface area contributed by atoms with Crippen LogP contribution in [-0.4, -0.2) is 22.2 Å². The quantitative estimate of drug-likeness (QED) is 0.379. The fraction of sp³-hybridized carbons (Fsp3) is 0.0667. The maximum absolute atomic E-state index is 11.2. The molecule has 0 aliphatic carbocycles. The molecule has 6 nitrogen and oxygen atoms in total. The Morgan fingerprint density at radius 1 is 1.18 bits per heavy atom. The molecule has 0 aromatic heterocycles. The molecule has 22 heavy (non-hydrogen) atoms. The second kappa shape index (κ2) is 6.86. The highest BCUT2D eigenvalue weighted by molar-refractivity contribution is 8.03. The zero-order valence-corrected chi connectivity index (χ0v) is 12.4. The Bertz CT molecular complexity index is 712. The topological polar surface area (TPSA) is 92.8 Å². The summed E-state index contributed by atoms with van der Waals surface area (Å²) in [6, 6.07) is 10.9. The van der Waals surface area contributed by atoms with Crippen LogP contribution in [0.4, 0.5) is 0 Å². The van der Waals surface area contributed by atoms with E-state index in [0.29, 0.717) is 16.2 Å². The molecule has 0 unspecified atom stereocenters. The monoisotopic (exact) mass is 319 g/mol. The number of phenols is 2. The van der Waals surface area contributed by atoms with Gasteiger partial charge in [0.05, 0.1) is 12.0 Å². The molecule has 0 atom stereocenters. The number of thioether (sulfide) groups is 1. The molecule has 114 valence electrons. The van der Waals surface area contributed by atoms with Gasteiger partial charge in [0.2, 0.25) is 0 Å². The van der Waals surface area contributed by atoms with E-state index in [-0.39, 0.29) is 16.5 Å². The highest BCUT2D eigenvalue weighted by Gasteiger charge is 2.14. The van der Waals surface area contributed by atoms with Gasteiger partial charge in [-0.05, 0) is 53.7 Å². The van der Waals surface area contributed by atoms with Gasteiger partial charge in [-0.25, -0.2) is 0 Å². The summed E-state index contributed by atoms with van der Waals surface area (Å²) in [5.74, 6) is 0.0629. The fourth-order valence-corrected chi connectivity index (χ4v) is 2.44. The molecule has 0 heterocycles. The summed E-state index contributed by atoms with van der Waals surface area (Å²) in [6.45, 7) is 0. The molecule has 2 rings (SSSR count). The molecule has 7 heteroatoms. The third-order valence-corrected chi connectivity index (χ3v) is 3.74. The first-order valence-corrected chi connectivity index (χ1v) is 7.01. The SMILES string of the molecule is COc1ccc(SC(=Cc2ccc(O)c(O)c2)[N+](=O)[O-])cc1. The Hall–Kier alpha value is -2.67. The van der Waals surface area contributed by atoms with Gasteiger partial charge in [0.25, 0.3) is 0 Å². The third-order valence-electron chi connectivity index (χ3n) is 2.75. The molecular formula is C15H13NO5S. The van der Waals surface area contributed by atoms with Crippen molar-refractivity contribution in [3.63, 3.8) is 0 Å². The lowest BCUT2D eigenvalue weighted by Crippen LogP contribution is -1.94. The standard InChI is InChI=1S/C15H13NO5S/c1-21-11-3-5-12(6-4-11)22-15(16(19)20)9-10-2-7-13(17)14(18)8-10/h2-9,17-18H,1H3. The number of nitrogens with zero attached hydrogens (tertiary/aromatic N) is 1.